The first-order chi connectivity index (χ1) is 17.8. The molecule has 0 heterocycles. The van der Waals surface area contributed by atoms with Crippen LogP contribution in [0, 0.1) is 6.92 Å². The first-order valence-corrected chi connectivity index (χ1v) is 12.6. The fourth-order valence-electron chi connectivity index (χ4n) is 6.31. The van der Waals surface area contributed by atoms with E-state index < -0.39 is 5.41 Å². The van der Waals surface area contributed by atoms with Crippen molar-refractivity contribution in [3.63, 3.8) is 0 Å². The lowest BCUT2D eigenvalue weighted by atomic mass is 9.67. The highest BCUT2D eigenvalue weighted by Gasteiger charge is 2.47. The van der Waals surface area contributed by atoms with Gasteiger partial charge in [-0.15, -0.1) is 0 Å². The number of benzene rings is 6. The topological polar surface area (TPSA) is 0 Å². The van der Waals surface area contributed by atoms with Gasteiger partial charge in [-0.1, -0.05) is 139 Å². The van der Waals surface area contributed by atoms with Crippen LogP contribution in [-0.2, 0) is 5.41 Å². The molecule has 0 amide bonds. The number of fused-ring (bicyclic) bond motifs is 5. The van der Waals surface area contributed by atoms with Crippen LogP contribution >= 0.6 is 0 Å². The Labute approximate surface area is 212 Å². The zero-order valence-electron chi connectivity index (χ0n) is 20.3. The normalized spacial score (nSPS) is 13.4. The molecular weight excluding hydrogens is 432 g/mol. The van der Waals surface area contributed by atoms with Gasteiger partial charge in [0.1, 0.15) is 0 Å². The van der Waals surface area contributed by atoms with E-state index in [2.05, 4.69) is 146 Å². The van der Waals surface area contributed by atoms with E-state index in [1.165, 1.54) is 60.8 Å². The highest BCUT2D eigenvalue weighted by molar-refractivity contribution is 6.10. The zero-order valence-corrected chi connectivity index (χ0v) is 20.3. The van der Waals surface area contributed by atoms with Crippen LogP contribution in [0.2, 0.25) is 0 Å². The molecule has 0 N–H and O–H groups in total. The van der Waals surface area contributed by atoms with Crippen LogP contribution < -0.4 is 0 Å². The molecule has 0 saturated heterocycles. The Bertz CT molecular complexity index is 1670. The molecule has 0 nitrogen and oxygen atoms in total. The van der Waals surface area contributed by atoms with Crippen molar-refractivity contribution in [3.8, 4) is 22.3 Å². The molecule has 1 aliphatic rings. The van der Waals surface area contributed by atoms with Gasteiger partial charge in [0, 0.05) is 0 Å². The Balaban J connectivity index is 1.72. The van der Waals surface area contributed by atoms with Gasteiger partial charge in [0.25, 0.3) is 0 Å². The SMILES string of the molecule is Cc1ccc2c(c1)C(c1ccccc1)(c1ccccc1)c1cc(-c3ccccc3)c3ccccc3c1-2. The molecule has 0 aliphatic heterocycles. The summed E-state index contributed by atoms with van der Waals surface area (Å²) in [5.74, 6) is 0. The third-order valence-corrected chi connectivity index (χ3v) is 7.80. The predicted molar refractivity (Wildman–Crippen MR) is 151 cm³/mol. The van der Waals surface area contributed by atoms with Crippen LogP contribution in [0.25, 0.3) is 33.0 Å². The average molecular weight is 459 g/mol. The van der Waals surface area contributed by atoms with E-state index in [1.54, 1.807) is 0 Å². The first kappa shape index (κ1) is 20.9. The number of rotatable bonds is 3. The van der Waals surface area contributed by atoms with Crippen LogP contribution in [0.5, 0.6) is 0 Å². The Morgan fingerprint density at radius 1 is 0.444 bits per heavy atom. The Morgan fingerprint density at radius 2 is 1.00 bits per heavy atom. The fraction of sp³-hybridized carbons (Fsp3) is 0.0556. The summed E-state index contributed by atoms with van der Waals surface area (Å²) in [6, 6.07) is 51.3. The van der Waals surface area contributed by atoms with E-state index in [9.17, 15) is 0 Å². The molecule has 0 heteroatoms. The van der Waals surface area contributed by atoms with E-state index in [0.29, 0.717) is 0 Å². The molecule has 6 aromatic rings. The first-order valence-electron chi connectivity index (χ1n) is 12.6. The van der Waals surface area contributed by atoms with E-state index in [0.717, 1.165) is 0 Å². The van der Waals surface area contributed by atoms with Crippen molar-refractivity contribution in [2.24, 2.45) is 0 Å². The second kappa shape index (κ2) is 8.07. The monoisotopic (exact) mass is 458 g/mol. The maximum atomic E-state index is 2.47. The molecule has 6 aromatic carbocycles. The van der Waals surface area contributed by atoms with Crippen LogP contribution in [-0.4, -0.2) is 0 Å². The van der Waals surface area contributed by atoms with Crippen LogP contribution in [0.15, 0.2) is 140 Å². The summed E-state index contributed by atoms with van der Waals surface area (Å²) in [5.41, 5.74) is 11.4. The van der Waals surface area contributed by atoms with Gasteiger partial charge < -0.3 is 0 Å². The molecule has 36 heavy (non-hydrogen) atoms. The van der Waals surface area contributed by atoms with E-state index >= 15 is 0 Å². The van der Waals surface area contributed by atoms with Crippen molar-refractivity contribution in [1.29, 1.82) is 0 Å². The van der Waals surface area contributed by atoms with Crippen LogP contribution in [0.1, 0.15) is 27.8 Å². The maximum Gasteiger partial charge on any atom is 0.0714 e. The Morgan fingerprint density at radius 3 is 1.64 bits per heavy atom. The van der Waals surface area contributed by atoms with Gasteiger partial charge in [-0.3, -0.25) is 0 Å². The predicted octanol–water partition coefficient (Wildman–Crippen LogP) is 9.18. The third kappa shape index (κ3) is 2.88. The van der Waals surface area contributed by atoms with Gasteiger partial charge in [0.05, 0.1) is 5.41 Å². The van der Waals surface area contributed by atoms with Crippen LogP contribution in [0.3, 0.4) is 0 Å². The number of hydrogen-bond acceptors (Lipinski definition) is 0. The lowest BCUT2D eigenvalue weighted by Gasteiger charge is -2.34. The Hall–Kier alpha value is -4.42. The highest BCUT2D eigenvalue weighted by Crippen LogP contribution is 2.59. The van der Waals surface area contributed by atoms with Gasteiger partial charge >= 0.3 is 0 Å². The van der Waals surface area contributed by atoms with E-state index in [1.807, 2.05) is 0 Å². The van der Waals surface area contributed by atoms with E-state index in [4.69, 9.17) is 0 Å². The number of hydrogen-bond donors (Lipinski definition) is 0. The summed E-state index contributed by atoms with van der Waals surface area (Å²) in [7, 11) is 0. The van der Waals surface area contributed by atoms with Gasteiger partial charge in [-0.2, -0.15) is 0 Å². The van der Waals surface area contributed by atoms with Gasteiger partial charge in [-0.05, 0) is 68.3 Å². The Kier molecular flexibility index (Phi) is 4.69. The molecule has 0 atom stereocenters. The van der Waals surface area contributed by atoms with Crippen molar-refractivity contribution in [2.45, 2.75) is 12.3 Å². The summed E-state index contributed by atoms with van der Waals surface area (Å²) in [4.78, 5) is 0. The number of aryl methyl sites for hydroxylation is 1. The molecule has 1 aliphatic carbocycles. The second-order valence-electron chi connectivity index (χ2n) is 9.79. The molecule has 0 saturated carbocycles. The standard InChI is InChI=1S/C36H26/c1-25-21-22-31-33(23-25)36(27-15-7-3-8-16-27,28-17-9-4-10-18-28)34-24-32(26-13-5-2-6-14-26)29-19-11-12-20-30(29)35(31)34/h2-24H,1H3. The largest absolute Gasteiger partial charge is 0.0714 e. The molecule has 0 unspecified atom stereocenters. The average Bonchev–Trinajstić information content (AvgIpc) is 3.24. The van der Waals surface area contributed by atoms with Crippen LogP contribution in [0.4, 0.5) is 0 Å². The minimum Gasteiger partial charge on any atom is -0.0622 e. The molecule has 0 aromatic heterocycles. The molecule has 0 fully saturated rings. The molecule has 170 valence electrons. The third-order valence-electron chi connectivity index (χ3n) is 7.80. The minimum absolute atomic E-state index is 0.396. The lowest BCUT2D eigenvalue weighted by molar-refractivity contribution is 0.768. The molecule has 0 bridgehead atoms. The molecule has 0 radical (unpaired) electrons. The quantitative estimate of drug-likeness (QED) is 0.248. The van der Waals surface area contributed by atoms with Gasteiger partial charge in [0.15, 0.2) is 0 Å². The summed E-state index contributed by atoms with van der Waals surface area (Å²) in [6.07, 6.45) is 0. The van der Waals surface area contributed by atoms with E-state index in [-0.39, 0.29) is 0 Å². The zero-order chi connectivity index (χ0) is 24.1. The summed E-state index contributed by atoms with van der Waals surface area (Å²) in [5, 5.41) is 2.61. The summed E-state index contributed by atoms with van der Waals surface area (Å²) < 4.78 is 0. The summed E-state index contributed by atoms with van der Waals surface area (Å²) in [6.45, 7) is 2.21. The molecular formula is C36H26. The lowest BCUT2D eigenvalue weighted by Crippen LogP contribution is -2.28. The maximum absolute atomic E-state index is 2.47. The van der Waals surface area contributed by atoms with Gasteiger partial charge in [0.2, 0.25) is 0 Å². The van der Waals surface area contributed by atoms with Gasteiger partial charge in [-0.25, -0.2) is 0 Å². The fourth-order valence-corrected chi connectivity index (χ4v) is 6.31. The van der Waals surface area contributed by atoms with Crippen molar-refractivity contribution < 1.29 is 0 Å². The summed E-state index contributed by atoms with van der Waals surface area (Å²) >= 11 is 0. The smallest absolute Gasteiger partial charge is 0.0622 e. The van der Waals surface area contributed by atoms with Crippen molar-refractivity contribution in [1.82, 2.24) is 0 Å². The molecule has 0 spiro atoms. The minimum atomic E-state index is -0.396. The highest BCUT2D eigenvalue weighted by atomic mass is 14.5. The van der Waals surface area contributed by atoms with Crippen molar-refractivity contribution in [2.75, 3.05) is 0 Å². The van der Waals surface area contributed by atoms with Crippen molar-refractivity contribution in [3.05, 3.63) is 167 Å². The second-order valence-corrected chi connectivity index (χ2v) is 9.79. The van der Waals surface area contributed by atoms with Crippen molar-refractivity contribution >= 4 is 10.8 Å². The molecule has 7 rings (SSSR count).